The summed E-state index contributed by atoms with van der Waals surface area (Å²) in [6.45, 7) is 5.41. The Kier molecular flexibility index (Phi) is 10.4. The standard InChI is InChI=1S/C21H32N6O.HI/c1-22-21(23-10-2-12-27-13-3-11-25-27)24-16-18-4-6-19(7-5-18)17-26-14-8-20(28)9-15-26;/h3-7,11,13,20,28H,2,8-10,12,14-17H2,1H3,(H2,22,23,24);1H. The maximum atomic E-state index is 9.61. The van der Waals surface area contributed by atoms with Crippen molar-refractivity contribution in [3.63, 3.8) is 0 Å². The van der Waals surface area contributed by atoms with E-state index in [0.717, 1.165) is 64.5 Å². The second-order valence-electron chi connectivity index (χ2n) is 7.30. The molecular weight excluding hydrogens is 479 g/mol. The molecule has 0 bridgehead atoms. The summed E-state index contributed by atoms with van der Waals surface area (Å²) in [7, 11) is 1.79. The van der Waals surface area contributed by atoms with E-state index in [1.807, 2.05) is 16.9 Å². The lowest BCUT2D eigenvalue weighted by Gasteiger charge is -2.29. The average Bonchev–Trinajstić information content (AvgIpc) is 3.24. The predicted octanol–water partition coefficient (Wildman–Crippen LogP) is 2.21. The van der Waals surface area contributed by atoms with Gasteiger partial charge in [-0.05, 0) is 36.5 Å². The van der Waals surface area contributed by atoms with Gasteiger partial charge in [0.1, 0.15) is 0 Å². The van der Waals surface area contributed by atoms with Crippen molar-refractivity contribution >= 4 is 29.9 Å². The Morgan fingerprint density at radius 2 is 1.90 bits per heavy atom. The highest BCUT2D eigenvalue weighted by Gasteiger charge is 2.16. The lowest BCUT2D eigenvalue weighted by Crippen LogP contribution is -2.37. The first-order valence-corrected chi connectivity index (χ1v) is 10.1. The molecule has 1 saturated heterocycles. The van der Waals surface area contributed by atoms with E-state index in [1.165, 1.54) is 11.1 Å². The number of aliphatic imine (C=N–C) groups is 1. The number of nitrogens with zero attached hydrogens (tertiary/aromatic N) is 4. The van der Waals surface area contributed by atoms with Crippen molar-refractivity contribution in [1.82, 2.24) is 25.3 Å². The van der Waals surface area contributed by atoms with Crippen LogP contribution in [0.4, 0.5) is 0 Å². The smallest absolute Gasteiger partial charge is 0.191 e. The normalized spacial score (nSPS) is 15.7. The molecule has 1 fully saturated rings. The summed E-state index contributed by atoms with van der Waals surface area (Å²) in [6, 6.07) is 10.7. The van der Waals surface area contributed by atoms with Gasteiger partial charge >= 0.3 is 0 Å². The molecule has 0 saturated carbocycles. The third-order valence-corrected chi connectivity index (χ3v) is 5.09. The molecule has 2 aromatic rings. The SMILES string of the molecule is CN=C(NCCCn1cccn1)NCc1ccc(CN2CCC(O)CC2)cc1.I. The Hall–Kier alpha value is -1.65. The number of halogens is 1. The second kappa shape index (κ2) is 12.8. The Morgan fingerprint density at radius 3 is 2.55 bits per heavy atom. The van der Waals surface area contributed by atoms with Gasteiger partial charge in [-0.2, -0.15) is 5.10 Å². The van der Waals surface area contributed by atoms with Crippen LogP contribution in [0.25, 0.3) is 0 Å². The van der Waals surface area contributed by atoms with Crippen LogP contribution in [0.3, 0.4) is 0 Å². The molecule has 160 valence electrons. The Labute approximate surface area is 190 Å². The van der Waals surface area contributed by atoms with Crippen LogP contribution in [-0.2, 0) is 19.6 Å². The summed E-state index contributed by atoms with van der Waals surface area (Å²) >= 11 is 0. The number of likely N-dealkylation sites (tertiary alicyclic amines) is 1. The van der Waals surface area contributed by atoms with Crippen LogP contribution >= 0.6 is 24.0 Å². The molecule has 0 amide bonds. The Balaban J connectivity index is 0.00000300. The van der Waals surface area contributed by atoms with E-state index < -0.39 is 0 Å². The quantitative estimate of drug-likeness (QED) is 0.219. The number of aromatic nitrogens is 2. The Bertz CT molecular complexity index is 711. The number of aryl methyl sites for hydroxylation is 1. The van der Waals surface area contributed by atoms with E-state index in [9.17, 15) is 5.11 Å². The molecule has 3 N–H and O–H groups in total. The van der Waals surface area contributed by atoms with Crippen molar-refractivity contribution in [3.8, 4) is 0 Å². The van der Waals surface area contributed by atoms with Gasteiger partial charge in [0.05, 0.1) is 6.10 Å². The number of benzene rings is 1. The molecule has 1 aromatic heterocycles. The number of rotatable bonds is 8. The van der Waals surface area contributed by atoms with Crippen LogP contribution in [0.2, 0.25) is 0 Å². The summed E-state index contributed by atoms with van der Waals surface area (Å²) in [4.78, 5) is 6.70. The van der Waals surface area contributed by atoms with Gasteiger partial charge in [0.2, 0.25) is 0 Å². The molecule has 0 radical (unpaired) electrons. The fourth-order valence-electron chi connectivity index (χ4n) is 3.39. The van der Waals surface area contributed by atoms with Crippen molar-refractivity contribution in [2.45, 2.75) is 45.0 Å². The van der Waals surface area contributed by atoms with Gasteiger partial charge in [0, 0.05) is 58.7 Å². The molecule has 29 heavy (non-hydrogen) atoms. The lowest BCUT2D eigenvalue weighted by atomic mass is 10.1. The molecule has 1 aliphatic heterocycles. The van der Waals surface area contributed by atoms with E-state index in [-0.39, 0.29) is 30.1 Å². The van der Waals surface area contributed by atoms with Crippen molar-refractivity contribution in [2.24, 2.45) is 4.99 Å². The molecule has 3 rings (SSSR count). The summed E-state index contributed by atoms with van der Waals surface area (Å²) in [5.41, 5.74) is 2.55. The van der Waals surface area contributed by atoms with E-state index >= 15 is 0 Å². The minimum Gasteiger partial charge on any atom is -0.393 e. The molecule has 0 unspecified atom stereocenters. The van der Waals surface area contributed by atoms with Crippen LogP contribution in [-0.4, -0.2) is 58.5 Å². The molecule has 2 heterocycles. The van der Waals surface area contributed by atoms with Gasteiger partial charge in [-0.25, -0.2) is 0 Å². The lowest BCUT2D eigenvalue weighted by molar-refractivity contribution is 0.0792. The van der Waals surface area contributed by atoms with E-state index in [0.29, 0.717) is 0 Å². The zero-order valence-corrected chi connectivity index (χ0v) is 19.5. The van der Waals surface area contributed by atoms with E-state index in [2.05, 4.69) is 49.9 Å². The maximum Gasteiger partial charge on any atom is 0.191 e. The zero-order chi connectivity index (χ0) is 19.6. The van der Waals surface area contributed by atoms with Gasteiger partial charge in [-0.1, -0.05) is 24.3 Å². The molecule has 7 nitrogen and oxygen atoms in total. The maximum absolute atomic E-state index is 9.61. The minimum absolute atomic E-state index is 0. The first kappa shape index (κ1) is 23.6. The molecule has 0 spiro atoms. The molecule has 1 aliphatic rings. The van der Waals surface area contributed by atoms with Gasteiger partial charge < -0.3 is 15.7 Å². The molecule has 1 aromatic carbocycles. The van der Waals surface area contributed by atoms with E-state index in [1.54, 1.807) is 13.2 Å². The van der Waals surface area contributed by atoms with Crippen molar-refractivity contribution in [1.29, 1.82) is 0 Å². The summed E-state index contributed by atoms with van der Waals surface area (Å²) in [6.07, 6.45) is 6.43. The topological polar surface area (TPSA) is 77.7 Å². The first-order valence-electron chi connectivity index (χ1n) is 10.1. The number of nitrogens with one attached hydrogen (secondary N) is 2. The number of aliphatic hydroxyl groups excluding tert-OH is 1. The minimum atomic E-state index is -0.113. The Morgan fingerprint density at radius 1 is 1.17 bits per heavy atom. The van der Waals surface area contributed by atoms with Crippen LogP contribution in [0.1, 0.15) is 30.4 Å². The highest BCUT2D eigenvalue weighted by atomic mass is 127. The largest absolute Gasteiger partial charge is 0.393 e. The number of guanidine groups is 1. The average molecular weight is 512 g/mol. The van der Waals surface area contributed by atoms with Crippen molar-refractivity contribution in [2.75, 3.05) is 26.7 Å². The summed E-state index contributed by atoms with van der Waals surface area (Å²) < 4.78 is 1.94. The number of piperidine rings is 1. The van der Waals surface area contributed by atoms with Crippen molar-refractivity contribution in [3.05, 3.63) is 53.9 Å². The van der Waals surface area contributed by atoms with E-state index in [4.69, 9.17) is 0 Å². The molecule has 0 atom stereocenters. The molecular formula is C21H33IN6O. The van der Waals surface area contributed by atoms with Gasteiger partial charge in [-0.15, -0.1) is 24.0 Å². The predicted molar refractivity (Wildman–Crippen MR) is 127 cm³/mol. The van der Waals surface area contributed by atoms with Crippen LogP contribution in [0, 0.1) is 0 Å². The monoisotopic (exact) mass is 512 g/mol. The molecule has 0 aliphatic carbocycles. The third-order valence-electron chi connectivity index (χ3n) is 5.09. The van der Waals surface area contributed by atoms with Gasteiger partial charge in [-0.3, -0.25) is 14.6 Å². The highest BCUT2D eigenvalue weighted by molar-refractivity contribution is 14.0. The molecule has 8 heteroatoms. The fourth-order valence-corrected chi connectivity index (χ4v) is 3.39. The zero-order valence-electron chi connectivity index (χ0n) is 17.1. The summed E-state index contributed by atoms with van der Waals surface area (Å²) in [5, 5.41) is 20.5. The first-order chi connectivity index (χ1) is 13.7. The van der Waals surface area contributed by atoms with Crippen LogP contribution in [0.5, 0.6) is 0 Å². The fraction of sp³-hybridized carbons (Fsp3) is 0.524. The van der Waals surface area contributed by atoms with Crippen molar-refractivity contribution < 1.29 is 5.11 Å². The summed E-state index contributed by atoms with van der Waals surface area (Å²) in [5.74, 6) is 0.816. The highest BCUT2D eigenvalue weighted by Crippen LogP contribution is 2.14. The van der Waals surface area contributed by atoms with Crippen LogP contribution in [0.15, 0.2) is 47.7 Å². The number of hydrogen-bond acceptors (Lipinski definition) is 4. The second-order valence-corrected chi connectivity index (χ2v) is 7.30. The third kappa shape index (κ3) is 8.31. The van der Waals surface area contributed by atoms with Crippen LogP contribution < -0.4 is 10.6 Å². The number of aliphatic hydroxyl groups is 1. The van der Waals surface area contributed by atoms with Gasteiger partial charge in [0.15, 0.2) is 5.96 Å². The number of hydrogen-bond donors (Lipinski definition) is 3. The van der Waals surface area contributed by atoms with Gasteiger partial charge in [0.25, 0.3) is 0 Å².